The Kier molecular flexibility index (Phi) is 15.6. The van der Waals surface area contributed by atoms with Gasteiger partial charge in [0.25, 0.3) is 0 Å². The van der Waals surface area contributed by atoms with Gasteiger partial charge in [-0.1, -0.05) is 36.4 Å². The van der Waals surface area contributed by atoms with Crippen molar-refractivity contribution in [2.75, 3.05) is 21.3 Å². The van der Waals surface area contributed by atoms with E-state index in [0.29, 0.717) is 36.8 Å². The molecule has 0 unspecified atom stereocenters. The molecule has 0 saturated carbocycles. The number of rotatable bonds is 14. The summed E-state index contributed by atoms with van der Waals surface area (Å²) in [5.74, 6) is -2.06. The lowest BCUT2D eigenvalue weighted by atomic mass is 9.93. The van der Waals surface area contributed by atoms with Gasteiger partial charge >= 0.3 is 5.97 Å². The molecule has 2 rings (SSSR count). The monoisotopic (exact) mass is 561 g/mol. The summed E-state index contributed by atoms with van der Waals surface area (Å²) in [5, 5.41) is 8.74. The number of aryl methyl sites for hydroxylation is 2. The van der Waals surface area contributed by atoms with Crippen LogP contribution in [0.3, 0.4) is 0 Å². The second-order valence-corrected chi connectivity index (χ2v) is 9.38. The summed E-state index contributed by atoms with van der Waals surface area (Å²) in [6.07, 6.45) is 4.46. The van der Waals surface area contributed by atoms with Crippen LogP contribution in [0.4, 0.5) is 8.78 Å². The van der Waals surface area contributed by atoms with Crippen molar-refractivity contribution in [2.24, 2.45) is 11.8 Å². The number of methoxy groups -OCH3 is 3. The van der Waals surface area contributed by atoms with Gasteiger partial charge < -0.3 is 14.2 Å². The van der Waals surface area contributed by atoms with Crippen LogP contribution < -0.4 is 5.48 Å². The molecule has 0 aliphatic rings. The minimum atomic E-state index is -0.481. The topological polar surface area (TPSA) is 94.1 Å². The highest BCUT2D eigenvalue weighted by atomic mass is 19.1. The SMILES string of the molecule is C=CC[C@@H](C[C@@H](OC)c1ccc(F)c(C)c1)C(=O)NO.C=CC[C@@H](C[C@@H](OC)c1ccc(F)c(C)c1)C(=O)OC. The zero-order valence-electron chi connectivity index (χ0n) is 23.9. The molecule has 2 N–H and O–H groups in total. The summed E-state index contributed by atoms with van der Waals surface area (Å²) in [4.78, 5) is 23.3. The summed E-state index contributed by atoms with van der Waals surface area (Å²) in [5.41, 5.74) is 4.38. The average Bonchev–Trinajstić information content (AvgIpc) is 2.95. The van der Waals surface area contributed by atoms with Crippen molar-refractivity contribution in [3.63, 3.8) is 0 Å². The summed E-state index contributed by atoms with van der Waals surface area (Å²) in [7, 11) is 4.47. The number of hydrogen-bond donors (Lipinski definition) is 2. The average molecular weight is 562 g/mol. The predicted molar refractivity (Wildman–Crippen MR) is 150 cm³/mol. The van der Waals surface area contributed by atoms with Crippen molar-refractivity contribution in [1.29, 1.82) is 0 Å². The van der Waals surface area contributed by atoms with E-state index in [-0.39, 0.29) is 35.7 Å². The third-order valence-corrected chi connectivity index (χ3v) is 6.59. The van der Waals surface area contributed by atoms with Gasteiger partial charge in [-0.15, -0.1) is 13.2 Å². The molecule has 2 aromatic carbocycles. The lowest BCUT2D eigenvalue weighted by molar-refractivity contribution is -0.146. The molecule has 220 valence electrons. The molecular formula is C31H41F2NO6. The number of carbonyl (C=O) groups is 2. The fourth-order valence-electron chi connectivity index (χ4n) is 4.25. The van der Waals surface area contributed by atoms with Gasteiger partial charge in [-0.05, 0) is 73.9 Å². The first-order valence-corrected chi connectivity index (χ1v) is 12.9. The highest BCUT2D eigenvalue weighted by Crippen LogP contribution is 2.29. The summed E-state index contributed by atoms with van der Waals surface area (Å²) < 4.78 is 42.2. The minimum Gasteiger partial charge on any atom is -0.469 e. The van der Waals surface area contributed by atoms with Gasteiger partial charge in [0.15, 0.2) is 0 Å². The van der Waals surface area contributed by atoms with E-state index in [1.54, 1.807) is 62.9 Å². The van der Waals surface area contributed by atoms with Crippen molar-refractivity contribution in [2.45, 2.75) is 51.7 Å². The Morgan fingerprint density at radius 2 is 1.27 bits per heavy atom. The standard InChI is InChI=1S/C16H21FO3.C15H20FNO3/c1-5-6-13(16(18)20-4)10-15(19-3)12-7-8-14(17)11(2)9-12;1-4-5-12(15(18)17-19)9-14(20-3)11-6-7-13(16)10(2)8-11/h5,7-9,13,15H,1,6,10H2,2-4H3;4,6-8,12,14,19H,1,5,9H2,2-3H3,(H,17,18)/t13-,15+;12-,14+/m00/s1. The zero-order valence-corrected chi connectivity index (χ0v) is 23.9. The second kappa shape index (κ2) is 18.0. The van der Waals surface area contributed by atoms with E-state index >= 15 is 0 Å². The fraction of sp³-hybridized carbons (Fsp3) is 0.419. The Hall–Kier alpha value is -3.40. The molecule has 40 heavy (non-hydrogen) atoms. The number of hydrogen-bond acceptors (Lipinski definition) is 6. The number of benzene rings is 2. The van der Waals surface area contributed by atoms with Crippen LogP contribution in [0.5, 0.6) is 0 Å². The van der Waals surface area contributed by atoms with E-state index in [2.05, 4.69) is 13.2 Å². The van der Waals surface area contributed by atoms with Crippen molar-refractivity contribution in [3.8, 4) is 0 Å². The van der Waals surface area contributed by atoms with Crippen LogP contribution in [-0.4, -0.2) is 38.4 Å². The Labute approximate surface area is 235 Å². The van der Waals surface area contributed by atoms with Crippen molar-refractivity contribution in [3.05, 3.63) is 95.6 Å². The highest BCUT2D eigenvalue weighted by Gasteiger charge is 2.25. The van der Waals surface area contributed by atoms with Gasteiger partial charge in [-0.3, -0.25) is 14.8 Å². The van der Waals surface area contributed by atoms with Gasteiger partial charge in [0.1, 0.15) is 11.6 Å². The molecule has 0 aliphatic carbocycles. The smallest absolute Gasteiger partial charge is 0.309 e. The van der Waals surface area contributed by atoms with E-state index in [1.165, 1.54) is 26.4 Å². The Balaban J connectivity index is 0.000000400. The molecule has 0 aliphatic heterocycles. The van der Waals surface area contributed by atoms with Crippen molar-refractivity contribution < 1.29 is 37.8 Å². The first kappa shape index (κ1) is 34.6. The maximum absolute atomic E-state index is 13.3. The molecule has 0 aromatic heterocycles. The number of esters is 1. The van der Waals surface area contributed by atoms with Crippen molar-refractivity contribution >= 4 is 11.9 Å². The Morgan fingerprint density at radius 1 is 0.850 bits per heavy atom. The van der Waals surface area contributed by atoms with Gasteiger partial charge in [-0.2, -0.15) is 0 Å². The van der Waals surface area contributed by atoms with Crippen LogP contribution in [0.1, 0.15) is 60.1 Å². The lowest BCUT2D eigenvalue weighted by Gasteiger charge is -2.21. The predicted octanol–water partition coefficient (Wildman–Crippen LogP) is 6.49. The molecule has 1 amide bonds. The number of amides is 1. The molecular weight excluding hydrogens is 520 g/mol. The van der Waals surface area contributed by atoms with Crippen LogP contribution in [0.25, 0.3) is 0 Å². The Morgan fingerprint density at radius 3 is 1.62 bits per heavy atom. The maximum Gasteiger partial charge on any atom is 0.309 e. The quantitative estimate of drug-likeness (QED) is 0.119. The van der Waals surface area contributed by atoms with E-state index < -0.39 is 11.8 Å². The van der Waals surface area contributed by atoms with Crippen molar-refractivity contribution in [1.82, 2.24) is 5.48 Å². The molecule has 0 saturated heterocycles. The number of allylic oxidation sites excluding steroid dienone is 2. The number of carbonyl (C=O) groups excluding carboxylic acids is 2. The third-order valence-electron chi connectivity index (χ3n) is 6.59. The van der Waals surface area contributed by atoms with Gasteiger partial charge in [-0.25, -0.2) is 14.3 Å². The lowest BCUT2D eigenvalue weighted by Crippen LogP contribution is -2.29. The normalized spacial score (nSPS) is 13.6. The molecule has 7 nitrogen and oxygen atoms in total. The highest BCUT2D eigenvalue weighted by molar-refractivity contribution is 5.77. The molecule has 0 fully saturated rings. The van der Waals surface area contributed by atoms with Crippen LogP contribution in [0.2, 0.25) is 0 Å². The summed E-state index contributed by atoms with van der Waals surface area (Å²) in [6.45, 7) is 10.6. The summed E-state index contributed by atoms with van der Waals surface area (Å²) >= 11 is 0. The summed E-state index contributed by atoms with van der Waals surface area (Å²) in [6, 6.07) is 9.55. The number of halogens is 2. The molecule has 9 heteroatoms. The van der Waals surface area contributed by atoms with Crippen LogP contribution in [0, 0.1) is 37.3 Å². The van der Waals surface area contributed by atoms with E-state index in [0.717, 1.165) is 11.1 Å². The molecule has 0 radical (unpaired) electrons. The van der Waals surface area contributed by atoms with Gasteiger partial charge in [0.2, 0.25) is 5.91 Å². The van der Waals surface area contributed by atoms with Crippen LogP contribution in [0.15, 0.2) is 61.7 Å². The van der Waals surface area contributed by atoms with E-state index in [4.69, 9.17) is 19.4 Å². The van der Waals surface area contributed by atoms with Gasteiger partial charge in [0, 0.05) is 20.1 Å². The number of nitrogens with one attached hydrogen (secondary N) is 1. The van der Waals surface area contributed by atoms with Gasteiger partial charge in [0.05, 0.1) is 25.2 Å². The zero-order chi connectivity index (χ0) is 30.2. The molecule has 2 aromatic rings. The molecule has 0 bridgehead atoms. The third kappa shape index (κ3) is 10.6. The fourth-order valence-corrected chi connectivity index (χ4v) is 4.25. The number of ether oxygens (including phenoxy) is 3. The first-order chi connectivity index (χ1) is 19.1. The van der Waals surface area contributed by atoms with E-state index in [1.807, 2.05) is 0 Å². The van der Waals surface area contributed by atoms with Crippen LogP contribution >= 0.6 is 0 Å². The molecule has 0 spiro atoms. The largest absolute Gasteiger partial charge is 0.469 e. The second-order valence-electron chi connectivity index (χ2n) is 9.38. The number of hydroxylamine groups is 1. The minimum absolute atomic E-state index is 0.251. The maximum atomic E-state index is 13.3. The van der Waals surface area contributed by atoms with E-state index in [9.17, 15) is 18.4 Å². The Bertz CT molecular complexity index is 1040. The van der Waals surface area contributed by atoms with Crippen LogP contribution in [-0.2, 0) is 23.8 Å². The molecule has 4 atom stereocenters. The first-order valence-electron chi connectivity index (χ1n) is 12.9. The molecule has 0 heterocycles.